The zero-order valence-electron chi connectivity index (χ0n) is 5.08. The van der Waals surface area contributed by atoms with Crippen molar-refractivity contribution in [2.45, 2.75) is 6.29 Å². The van der Waals surface area contributed by atoms with Gasteiger partial charge in [-0.1, -0.05) is 0 Å². The van der Waals surface area contributed by atoms with E-state index in [2.05, 4.69) is 0 Å². The van der Waals surface area contributed by atoms with Gasteiger partial charge in [0.15, 0.2) is 6.29 Å². The van der Waals surface area contributed by atoms with Gasteiger partial charge in [0, 0.05) is 18.1 Å². The van der Waals surface area contributed by atoms with Crippen LogP contribution in [0.5, 0.6) is 0 Å². The molecule has 1 rings (SSSR count). The summed E-state index contributed by atoms with van der Waals surface area (Å²) in [6.07, 6.45) is -1.23. The summed E-state index contributed by atoms with van der Waals surface area (Å²) in [6.45, 7) is 0.373. The molecule has 0 atom stereocenters. The van der Waals surface area contributed by atoms with Crippen molar-refractivity contribution in [2.24, 2.45) is 11.1 Å². The van der Waals surface area contributed by atoms with E-state index in [0.29, 0.717) is 6.54 Å². The van der Waals surface area contributed by atoms with Gasteiger partial charge in [-0.05, 0) is 0 Å². The molecule has 0 unspecified atom stereocenters. The summed E-state index contributed by atoms with van der Waals surface area (Å²) in [4.78, 5) is 0. The van der Waals surface area contributed by atoms with Gasteiger partial charge in [0.1, 0.15) is 0 Å². The molecule has 0 radical (unpaired) electrons. The van der Waals surface area contributed by atoms with Gasteiger partial charge < -0.3 is 15.9 Å². The van der Waals surface area contributed by atoms with Gasteiger partial charge in [-0.3, -0.25) is 0 Å². The van der Waals surface area contributed by atoms with E-state index in [9.17, 15) is 0 Å². The molecule has 0 bridgehead atoms. The Morgan fingerprint density at radius 2 is 2.11 bits per heavy atom. The van der Waals surface area contributed by atoms with Crippen LogP contribution in [0, 0.1) is 5.41 Å². The molecule has 1 fully saturated rings. The Morgan fingerprint density at radius 1 is 1.56 bits per heavy atom. The van der Waals surface area contributed by atoms with Crippen LogP contribution in [-0.4, -0.2) is 34.6 Å². The Labute approximate surface area is 58.2 Å². The lowest BCUT2D eigenvalue weighted by Gasteiger charge is -2.41. The first kappa shape index (κ1) is 7.34. The highest BCUT2D eigenvalue weighted by molar-refractivity contribution is 8.00. The predicted octanol–water partition coefficient (Wildman–Crippen LogP) is -1.01. The number of aliphatic hydroxyl groups excluding tert-OH is 1. The minimum Gasteiger partial charge on any atom is -0.368 e. The van der Waals surface area contributed by atoms with E-state index in [1.54, 1.807) is 11.8 Å². The van der Waals surface area contributed by atoms with E-state index < -0.39 is 6.29 Å². The Bertz CT molecular complexity index is 97.6. The highest BCUT2D eigenvalue weighted by Crippen LogP contribution is 2.38. The SMILES string of the molecule is NCC1(C(O)O)CSC1. The van der Waals surface area contributed by atoms with E-state index in [1.807, 2.05) is 0 Å². The Kier molecular flexibility index (Phi) is 2.00. The third kappa shape index (κ3) is 1.08. The molecule has 0 spiro atoms. The standard InChI is InChI=1S/C5H11NO2S/c6-1-5(4(7)8)2-9-3-5/h4,7-8H,1-3,6H2. The van der Waals surface area contributed by atoms with Crippen LogP contribution in [0.4, 0.5) is 0 Å². The van der Waals surface area contributed by atoms with Gasteiger partial charge in [-0.25, -0.2) is 0 Å². The van der Waals surface area contributed by atoms with Crippen LogP contribution in [0.1, 0.15) is 0 Å². The lowest BCUT2D eigenvalue weighted by Crippen LogP contribution is -2.51. The van der Waals surface area contributed by atoms with Crippen LogP contribution in [-0.2, 0) is 0 Å². The molecule has 0 aromatic heterocycles. The molecule has 0 aromatic rings. The smallest absolute Gasteiger partial charge is 0.159 e. The van der Waals surface area contributed by atoms with E-state index in [4.69, 9.17) is 15.9 Å². The second-order valence-electron chi connectivity index (χ2n) is 2.43. The molecule has 4 N–H and O–H groups in total. The molecule has 1 aliphatic heterocycles. The van der Waals surface area contributed by atoms with Crippen molar-refractivity contribution in [2.75, 3.05) is 18.1 Å². The van der Waals surface area contributed by atoms with E-state index >= 15 is 0 Å². The quantitative estimate of drug-likeness (QED) is 0.440. The van der Waals surface area contributed by atoms with Gasteiger partial charge in [-0.15, -0.1) is 0 Å². The van der Waals surface area contributed by atoms with E-state index in [-0.39, 0.29) is 5.41 Å². The maximum atomic E-state index is 8.78. The monoisotopic (exact) mass is 149 g/mol. The van der Waals surface area contributed by atoms with Crippen LogP contribution in [0.2, 0.25) is 0 Å². The molecule has 4 heteroatoms. The average molecular weight is 149 g/mol. The Balaban J connectivity index is 2.46. The number of hydrogen-bond donors (Lipinski definition) is 3. The lowest BCUT2D eigenvalue weighted by atomic mass is 9.91. The zero-order chi connectivity index (χ0) is 6.91. The second-order valence-corrected chi connectivity index (χ2v) is 3.42. The lowest BCUT2D eigenvalue weighted by molar-refractivity contribution is -0.117. The van der Waals surface area contributed by atoms with Crippen LogP contribution in [0.3, 0.4) is 0 Å². The second kappa shape index (κ2) is 2.46. The van der Waals surface area contributed by atoms with Crippen LogP contribution in [0.25, 0.3) is 0 Å². The average Bonchev–Trinajstić information content (AvgIpc) is 1.62. The van der Waals surface area contributed by atoms with Crippen molar-refractivity contribution in [3.63, 3.8) is 0 Å². The Morgan fingerprint density at radius 3 is 2.11 bits per heavy atom. The first-order valence-electron chi connectivity index (χ1n) is 2.85. The predicted molar refractivity (Wildman–Crippen MR) is 37.0 cm³/mol. The normalized spacial score (nSPS) is 24.0. The van der Waals surface area contributed by atoms with Crippen molar-refractivity contribution in [1.29, 1.82) is 0 Å². The fourth-order valence-corrected chi connectivity index (χ4v) is 2.00. The van der Waals surface area contributed by atoms with Crippen LogP contribution in [0.15, 0.2) is 0 Å². The molecule has 1 heterocycles. The fourth-order valence-electron chi connectivity index (χ4n) is 0.737. The van der Waals surface area contributed by atoms with Crippen LogP contribution < -0.4 is 5.73 Å². The maximum Gasteiger partial charge on any atom is 0.159 e. The van der Waals surface area contributed by atoms with E-state index in [1.165, 1.54) is 0 Å². The summed E-state index contributed by atoms with van der Waals surface area (Å²) in [7, 11) is 0. The van der Waals surface area contributed by atoms with Gasteiger partial charge in [-0.2, -0.15) is 11.8 Å². The molecule has 0 aliphatic carbocycles. The first-order valence-corrected chi connectivity index (χ1v) is 4.01. The molecule has 9 heavy (non-hydrogen) atoms. The molecule has 3 nitrogen and oxygen atoms in total. The van der Waals surface area contributed by atoms with Gasteiger partial charge in [0.2, 0.25) is 0 Å². The molecular formula is C5H11NO2S. The highest BCUT2D eigenvalue weighted by Gasteiger charge is 2.42. The maximum absolute atomic E-state index is 8.78. The van der Waals surface area contributed by atoms with Gasteiger partial charge in [0.25, 0.3) is 0 Å². The van der Waals surface area contributed by atoms with Gasteiger partial charge in [0.05, 0.1) is 5.41 Å². The summed E-state index contributed by atoms with van der Waals surface area (Å²) in [6, 6.07) is 0. The summed E-state index contributed by atoms with van der Waals surface area (Å²) in [5.41, 5.74) is 4.95. The molecule has 0 amide bonds. The molecule has 1 saturated heterocycles. The molecule has 1 aliphatic rings. The molecule has 0 saturated carbocycles. The topological polar surface area (TPSA) is 66.5 Å². The molecule has 0 aromatic carbocycles. The van der Waals surface area contributed by atoms with Crippen molar-refractivity contribution in [1.82, 2.24) is 0 Å². The van der Waals surface area contributed by atoms with Crippen LogP contribution >= 0.6 is 11.8 Å². The summed E-state index contributed by atoms with van der Waals surface area (Å²) >= 11 is 1.70. The summed E-state index contributed by atoms with van der Waals surface area (Å²) in [5, 5.41) is 17.6. The third-order valence-corrected chi connectivity index (χ3v) is 3.29. The molecular weight excluding hydrogens is 138 g/mol. The fraction of sp³-hybridized carbons (Fsp3) is 1.00. The van der Waals surface area contributed by atoms with Crippen molar-refractivity contribution >= 4 is 11.8 Å². The number of aliphatic hydroxyl groups is 2. The zero-order valence-corrected chi connectivity index (χ0v) is 5.90. The number of thioether (sulfide) groups is 1. The largest absolute Gasteiger partial charge is 0.368 e. The third-order valence-electron chi connectivity index (χ3n) is 1.73. The van der Waals surface area contributed by atoms with E-state index in [0.717, 1.165) is 11.5 Å². The van der Waals surface area contributed by atoms with Crippen molar-refractivity contribution in [3.8, 4) is 0 Å². The summed E-state index contributed by atoms with van der Waals surface area (Å²) < 4.78 is 0. The van der Waals surface area contributed by atoms with Crippen molar-refractivity contribution in [3.05, 3.63) is 0 Å². The van der Waals surface area contributed by atoms with Gasteiger partial charge >= 0.3 is 0 Å². The van der Waals surface area contributed by atoms with Crippen molar-refractivity contribution < 1.29 is 10.2 Å². The summed E-state index contributed by atoms with van der Waals surface area (Å²) in [5.74, 6) is 1.56. The highest BCUT2D eigenvalue weighted by atomic mass is 32.2. The number of nitrogens with two attached hydrogens (primary N) is 1. The number of rotatable bonds is 2. The number of hydrogen-bond acceptors (Lipinski definition) is 4. The Hall–Kier alpha value is 0.230. The molecule has 54 valence electrons. The minimum atomic E-state index is -1.23. The minimum absolute atomic E-state index is 0.373. The first-order chi connectivity index (χ1) is 4.21.